The summed E-state index contributed by atoms with van der Waals surface area (Å²) in [6.45, 7) is 0. The molecule has 0 radical (unpaired) electrons. The first kappa shape index (κ1) is 8.95. The Labute approximate surface area is 99.0 Å². The third-order valence-corrected chi connectivity index (χ3v) is 7.52. The first-order valence-corrected chi connectivity index (χ1v) is 9.67. The minimum Gasteiger partial charge on any atom is -0.0982 e. The van der Waals surface area contributed by atoms with E-state index in [0.29, 0.717) is 41.5 Å². The molecule has 0 spiro atoms. The van der Waals surface area contributed by atoms with Crippen molar-refractivity contribution in [1.82, 2.24) is 0 Å². The van der Waals surface area contributed by atoms with Crippen molar-refractivity contribution in [2.45, 2.75) is 6.42 Å². The second-order valence-electron chi connectivity index (χ2n) is 3.86. The summed E-state index contributed by atoms with van der Waals surface area (Å²) in [5, 5.41) is 0. The van der Waals surface area contributed by atoms with E-state index in [2.05, 4.69) is 28.3 Å². The predicted octanol–water partition coefficient (Wildman–Crippen LogP) is 3.46. The van der Waals surface area contributed by atoms with Gasteiger partial charge in [0.15, 0.2) is 0 Å². The molecule has 0 aromatic rings. The molecule has 0 N–H and O–H groups in total. The maximum absolute atomic E-state index is 2.64. The van der Waals surface area contributed by atoms with Crippen molar-refractivity contribution in [2.75, 3.05) is 0 Å². The molecule has 4 atom stereocenters. The molecule has 13 heavy (non-hydrogen) atoms. The minimum absolute atomic E-state index is 0.317. The van der Waals surface area contributed by atoms with Gasteiger partial charge in [-0.25, -0.2) is 0 Å². The van der Waals surface area contributed by atoms with Crippen LogP contribution in [0.4, 0.5) is 0 Å². The highest BCUT2D eigenvalue weighted by atomic mass is 127. The van der Waals surface area contributed by atoms with E-state index in [1.807, 2.05) is 0 Å². The van der Waals surface area contributed by atoms with E-state index in [4.69, 9.17) is 0 Å². The Morgan fingerprint density at radius 3 is 1.92 bits per heavy atom. The molecule has 1 saturated carbocycles. The van der Waals surface area contributed by atoms with Gasteiger partial charge in [-0.1, -0.05) is 53.6 Å². The van der Waals surface area contributed by atoms with Gasteiger partial charge in [-0.2, -0.15) is 0 Å². The number of allylic oxidation sites excluding steroid dienone is 2. The summed E-state index contributed by atoms with van der Waals surface area (Å²) in [5.41, 5.74) is 0. The fraction of sp³-hybridized carbons (Fsp3) is 0.455. The Balaban J connectivity index is 1.95. The van der Waals surface area contributed by atoms with Gasteiger partial charge in [-0.15, -0.1) is 0 Å². The van der Waals surface area contributed by atoms with Gasteiger partial charge in [0.25, 0.3) is 0 Å². The molecule has 0 aromatic heterocycles. The van der Waals surface area contributed by atoms with Crippen LogP contribution in [0.5, 0.6) is 0 Å². The summed E-state index contributed by atoms with van der Waals surface area (Å²) >= 11 is 0.635. The molecule has 2 heteroatoms. The summed E-state index contributed by atoms with van der Waals surface area (Å²) < 4.78 is 10.2. The van der Waals surface area contributed by atoms with Crippen molar-refractivity contribution < 1.29 is 0 Å². The molecule has 2 aliphatic heterocycles. The molecule has 0 amide bonds. The summed E-state index contributed by atoms with van der Waals surface area (Å²) in [4.78, 5) is 0. The van der Waals surface area contributed by atoms with Gasteiger partial charge in [0.05, 0.1) is 0 Å². The minimum atomic E-state index is 0.317. The van der Waals surface area contributed by atoms with E-state index in [1.165, 1.54) is 6.42 Å². The topological polar surface area (TPSA) is 0 Å². The van der Waals surface area contributed by atoms with Crippen LogP contribution in [-0.2, 0) is 0 Å². The average Bonchev–Trinajstić information content (AvgIpc) is 2.56. The molecule has 0 saturated heterocycles. The standard InChI is InChI=1S/C11H12I2/c1-3-12-6-8-5-9-7-13-4-2-11(9)10(1)8/h1-4,6-11H,5H2. The van der Waals surface area contributed by atoms with Crippen LogP contribution in [-0.4, -0.2) is 8.02 Å². The van der Waals surface area contributed by atoms with Crippen LogP contribution in [0, 0.1) is 23.7 Å². The van der Waals surface area contributed by atoms with Crippen molar-refractivity contribution >= 4 is 49.5 Å². The fourth-order valence-electron chi connectivity index (χ4n) is 2.54. The Morgan fingerprint density at radius 2 is 1.38 bits per heavy atom. The molecular formula is C11H12I2. The van der Waals surface area contributed by atoms with E-state index in [-0.39, 0.29) is 0 Å². The lowest BCUT2D eigenvalue weighted by Crippen LogP contribution is -2.16. The number of hydrogen-bond acceptors (Lipinski definition) is 0. The zero-order valence-electron chi connectivity index (χ0n) is 7.24. The van der Waals surface area contributed by atoms with E-state index in [1.54, 1.807) is 0 Å². The van der Waals surface area contributed by atoms with Crippen molar-refractivity contribution in [2.24, 2.45) is 23.7 Å². The van der Waals surface area contributed by atoms with Gasteiger partial charge in [0.1, 0.15) is 0 Å². The molecule has 70 valence electrons. The summed E-state index contributed by atoms with van der Waals surface area (Å²) in [7, 11) is 0. The summed E-state index contributed by atoms with van der Waals surface area (Å²) in [6.07, 6.45) is 6.50. The van der Waals surface area contributed by atoms with E-state index < -0.39 is 0 Å². The van der Waals surface area contributed by atoms with Crippen LogP contribution in [0.25, 0.3) is 0 Å². The SMILES string of the molecule is C1=CC2C(C=I1)CC1C=IC=CC12. The lowest BCUT2D eigenvalue weighted by atomic mass is 9.88. The molecule has 0 bridgehead atoms. The van der Waals surface area contributed by atoms with Crippen LogP contribution in [0.2, 0.25) is 0 Å². The number of halogens is 2. The van der Waals surface area contributed by atoms with Crippen LogP contribution in [0.3, 0.4) is 0 Å². The first-order valence-electron chi connectivity index (χ1n) is 4.69. The average molecular weight is 398 g/mol. The molecule has 3 rings (SSSR count). The van der Waals surface area contributed by atoms with Crippen LogP contribution < -0.4 is 0 Å². The van der Waals surface area contributed by atoms with Crippen LogP contribution in [0.15, 0.2) is 20.3 Å². The zero-order chi connectivity index (χ0) is 8.67. The maximum atomic E-state index is 2.64. The first-order chi connectivity index (χ1) is 6.45. The van der Waals surface area contributed by atoms with Gasteiger partial charge < -0.3 is 0 Å². The monoisotopic (exact) mass is 398 g/mol. The summed E-state index contributed by atoms with van der Waals surface area (Å²) in [5.74, 6) is 3.62. The largest absolute Gasteiger partial charge is 0.0982 e. The highest BCUT2D eigenvalue weighted by Gasteiger charge is 2.39. The molecule has 0 aromatic carbocycles. The maximum Gasteiger partial charge on any atom is -0.00895 e. The van der Waals surface area contributed by atoms with E-state index in [9.17, 15) is 0 Å². The number of fused-ring (bicyclic) bond motifs is 3. The lowest BCUT2D eigenvalue weighted by Gasteiger charge is -2.21. The van der Waals surface area contributed by atoms with Crippen LogP contribution >= 0.6 is 41.5 Å². The van der Waals surface area contributed by atoms with E-state index >= 15 is 0 Å². The third-order valence-electron chi connectivity index (χ3n) is 3.18. The van der Waals surface area contributed by atoms with Crippen molar-refractivity contribution in [3.05, 3.63) is 20.3 Å². The highest BCUT2D eigenvalue weighted by molar-refractivity contribution is 14.2. The Hall–Kier alpha value is 0.680. The normalized spacial score (nSPS) is 46.2. The number of rotatable bonds is 0. The van der Waals surface area contributed by atoms with Crippen molar-refractivity contribution in [1.29, 1.82) is 0 Å². The number of hydrogen-bond donors (Lipinski definition) is 0. The van der Waals surface area contributed by atoms with Crippen molar-refractivity contribution in [3.8, 4) is 0 Å². The van der Waals surface area contributed by atoms with Gasteiger partial charge in [-0.3, -0.25) is 0 Å². The Morgan fingerprint density at radius 1 is 0.846 bits per heavy atom. The zero-order valence-corrected chi connectivity index (χ0v) is 11.6. The van der Waals surface area contributed by atoms with Gasteiger partial charge in [-0.05, 0) is 46.3 Å². The predicted molar refractivity (Wildman–Crippen MR) is 77.0 cm³/mol. The molecule has 2 heterocycles. The molecule has 1 fully saturated rings. The second kappa shape index (κ2) is 3.68. The van der Waals surface area contributed by atoms with E-state index in [0.717, 1.165) is 23.7 Å². The van der Waals surface area contributed by atoms with Crippen LogP contribution in [0.1, 0.15) is 6.42 Å². The molecule has 3 aliphatic rings. The Kier molecular flexibility index (Phi) is 2.53. The smallest absolute Gasteiger partial charge is 0.00895 e. The highest BCUT2D eigenvalue weighted by Crippen LogP contribution is 2.46. The molecule has 4 unspecified atom stereocenters. The molecular weight excluding hydrogens is 386 g/mol. The molecule has 0 nitrogen and oxygen atoms in total. The Bertz CT molecular complexity index is 293. The third kappa shape index (κ3) is 1.54. The quantitative estimate of drug-likeness (QED) is 0.549. The fourth-order valence-corrected chi connectivity index (χ4v) is 7.07. The second-order valence-corrected chi connectivity index (χ2v) is 8.17. The lowest BCUT2D eigenvalue weighted by molar-refractivity contribution is 0.498. The summed E-state index contributed by atoms with van der Waals surface area (Å²) in [6, 6.07) is 0. The van der Waals surface area contributed by atoms with Gasteiger partial charge in [0, 0.05) is 0 Å². The van der Waals surface area contributed by atoms with Gasteiger partial charge >= 0.3 is 0 Å². The van der Waals surface area contributed by atoms with Gasteiger partial charge in [0.2, 0.25) is 0 Å². The molecule has 1 aliphatic carbocycles. The van der Waals surface area contributed by atoms with Crippen molar-refractivity contribution in [3.63, 3.8) is 0 Å².